The summed E-state index contributed by atoms with van der Waals surface area (Å²) < 4.78 is 27.3. The number of aromatic nitrogens is 1. The number of benzene rings is 2. The Bertz CT molecular complexity index is 1060. The number of nitrogens with zero attached hydrogens (tertiary/aromatic N) is 3. The van der Waals surface area contributed by atoms with E-state index in [9.17, 15) is 24.2 Å². The molecule has 0 aliphatic rings. The van der Waals surface area contributed by atoms with Crippen LogP contribution in [0.5, 0.6) is 0 Å². The molecule has 128 valence electrons. The lowest BCUT2D eigenvalue weighted by atomic mass is 9.98. The first kappa shape index (κ1) is 17.0. The summed E-state index contributed by atoms with van der Waals surface area (Å²) in [7, 11) is 0. The Morgan fingerprint density at radius 3 is 2.35 bits per heavy atom. The monoisotopic (exact) mass is 352 g/mol. The maximum Gasteiger partial charge on any atom is 0.269 e. The van der Waals surface area contributed by atoms with Crippen molar-refractivity contribution < 1.29 is 13.7 Å². The number of rotatable bonds is 3. The van der Waals surface area contributed by atoms with Crippen molar-refractivity contribution >= 4 is 11.5 Å². The van der Waals surface area contributed by atoms with Crippen LogP contribution in [0.25, 0.3) is 22.4 Å². The first-order valence-corrected chi connectivity index (χ1v) is 7.31. The molecule has 1 heterocycles. The highest BCUT2D eigenvalue weighted by Crippen LogP contribution is 2.33. The Kier molecular flexibility index (Phi) is 4.29. The van der Waals surface area contributed by atoms with E-state index in [0.29, 0.717) is 17.3 Å². The van der Waals surface area contributed by atoms with Crippen LogP contribution in [0.15, 0.2) is 48.5 Å². The minimum Gasteiger partial charge on any atom is -0.383 e. The third-order valence-electron chi connectivity index (χ3n) is 3.75. The van der Waals surface area contributed by atoms with Gasteiger partial charge in [0.05, 0.1) is 10.6 Å². The summed E-state index contributed by atoms with van der Waals surface area (Å²) in [4.78, 5) is 14.3. The third-order valence-corrected chi connectivity index (χ3v) is 3.75. The quantitative estimate of drug-likeness (QED) is 0.565. The van der Waals surface area contributed by atoms with Crippen molar-refractivity contribution in [3.8, 4) is 28.5 Å². The molecule has 3 aromatic rings. The van der Waals surface area contributed by atoms with E-state index in [1.165, 1.54) is 36.4 Å². The van der Waals surface area contributed by atoms with Gasteiger partial charge >= 0.3 is 0 Å². The molecule has 1 aromatic heterocycles. The number of nitrogens with two attached hydrogens (primary N) is 1. The lowest BCUT2D eigenvalue weighted by Crippen LogP contribution is -2.01. The first-order valence-electron chi connectivity index (χ1n) is 7.31. The second kappa shape index (κ2) is 6.57. The van der Waals surface area contributed by atoms with Crippen molar-refractivity contribution in [1.29, 1.82) is 5.26 Å². The molecule has 0 fully saturated rings. The van der Waals surface area contributed by atoms with Crippen molar-refractivity contribution in [2.75, 3.05) is 5.73 Å². The summed E-state index contributed by atoms with van der Waals surface area (Å²) >= 11 is 0. The maximum atomic E-state index is 14.2. The summed E-state index contributed by atoms with van der Waals surface area (Å²) in [5.41, 5.74) is 6.64. The largest absolute Gasteiger partial charge is 0.383 e. The number of nitrogen functional groups attached to an aromatic ring is 1. The van der Waals surface area contributed by atoms with Gasteiger partial charge in [-0.3, -0.25) is 10.1 Å². The van der Waals surface area contributed by atoms with Crippen LogP contribution in [0, 0.1) is 33.1 Å². The van der Waals surface area contributed by atoms with Crippen molar-refractivity contribution in [3.63, 3.8) is 0 Å². The van der Waals surface area contributed by atoms with Crippen molar-refractivity contribution in [1.82, 2.24) is 4.98 Å². The van der Waals surface area contributed by atoms with Gasteiger partial charge in [-0.25, -0.2) is 13.8 Å². The molecular weight excluding hydrogens is 342 g/mol. The van der Waals surface area contributed by atoms with Crippen molar-refractivity contribution in [3.05, 3.63) is 75.8 Å². The predicted octanol–water partition coefficient (Wildman–Crippen LogP) is 4.06. The summed E-state index contributed by atoms with van der Waals surface area (Å²) in [6.07, 6.45) is 0. The molecule has 6 nitrogen and oxygen atoms in total. The SMILES string of the molecule is N#Cc1c(-c2ccc(F)cc2F)cc(-c2ccc([N+](=O)[O-])cc2)nc1N. The number of halogens is 2. The number of pyridine rings is 1. The maximum absolute atomic E-state index is 14.2. The van der Waals surface area contributed by atoms with E-state index in [-0.39, 0.29) is 28.2 Å². The molecule has 0 atom stereocenters. The lowest BCUT2D eigenvalue weighted by Gasteiger charge is -2.11. The van der Waals surface area contributed by atoms with Gasteiger partial charge in [0.15, 0.2) is 0 Å². The van der Waals surface area contributed by atoms with Crippen LogP contribution in [0.2, 0.25) is 0 Å². The molecule has 26 heavy (non-hydrogen) atoms. The minimum atomic E-state index is -0.846. The van der Waals surface area contributed by atoms with Crippen molar-refractivity contribution in [2.45, 2.75) is 0 Å². The van der Waals surface area contributed by atoms with Crippen LogP contribution in [0.4, 0.5) is 20.3 Å². The van der Waals surface area contributed by atoms with Gasteiger partial charge in [0.1, 0.15) is 29.1 Å². The van der Waals surface area contributed by atoms with Gasteiger partial charge in [0, 0.05) is 34.9 Å². The number of nitriles is 1. The van der Waals surface area contributed by atoms with E-state index >= 15 is 0 Å². The topological polar surface area (TPSA) is 106 Å². The van der Waals surface area contributed by atoms with Crippen LogP contribution in [0.3, 0.4) is 0 Å². The molecule has 0 aliphatic carbocycles. The second-order valence-electron chi connectivity index (χ2n) is 5.36. The van der Waals surface area contributed by atoms with Crippen LogP contribution in [-0.4, -0.2) is 9.91 Å². The first-order chi connectivity index (χ1) is 12.4. The average Bonchev–Trinajstić information content (AvgIpc) is 2.61. The van der Waals surface area contributed by atoms with Gasteiger partial charge in [0.25, 0.3) is 5.69 Å². The molecule has 0 bridgehead atoms. The standard InChI is InChI=1S/C18H10F2N4O2/c19-11-3-6-13(16(20)7-11)14-8-17(23-18(22)15(14)9-21)10-1-4-12(5-2-10)24(25)26/h1-8H,(H2,22,23). The molecule has 2 aromatic carbocycles. The Balaban J connectivity index is 2.19. The number of nitro benzene ring substituents is 1. The Labute approximate surface area is 146 Å². The Hall–Kier alpha value is -3.86. The highest BCUT2D eigenvalue weighted by Gasteiger charge is 2.17. The van der Waals surface area contributed by atoms with E-state index in [1.54, 1.807) is 0 Å². The van der Waals surface area contributed by atoms with Crippen molar-refractivity contribution in [2.24, 2.45) is 0 Å². The van der Waals surface area contributed by atoms with E-state index in [4.69, 9.17) is 5.73 Å². The fourth-order valence-electron chi connectivity index (χ4n) is 2.50. The Morgan fingerprint density at radius 2 is 1.77 bits per heavy atom. The van der Waals surface area contributed by atoms with Crippen LogP contribution in [-0.2, 0) is 0 Å². The van der Waals surface area contributed by atoms with Crippen LogP contribution >= 0.6 is 0 Å². The molecule has 3 rings (SSSR count). The molecule has 0 saturated heterocycles. The molecule has 0 unspecified atom stereocenters. The van der Waals surface area contributed by atoms with E-state index in [0.717, 1.165) is 6.07 Å². The summed E-state index contributed by atoms with van der Waals surface area (Å²) in [5.74, 6) is -1.72. The zero-order valence-electron chi connectivity index (χ0n) is 13.1. The zero-order chi connectivity index (χ0) is 18.8. The molecule has 0 aliphatic heterocycles. The summed E-state index contributed by atoms with van der Waals surface area (Å²) in [6, 6.07) is 11.8. The predicted molar refractivity (Wildman–Crippen MR) is 90.8 cm³/mol. The molecular formula is C18H10F2N4O2. The number of nitro groups is 1. The minimum absolute atomic E-state index is 0.000196. The molecule has 8 heteroatoms. The lowest BCUT2D eigenvalue weighted by molar-refractivity contribution is -0.384. The molecule has 0 radical (unpaired) electrons. The van der Waals surface area contributed by atoms with Gasteiger partial charge in [-0.2, -0.15) is 5.26 Å². The fraction of sp³-hybridized carbons (Fsp3) is 0. The zero-order valence-corrected chi connectivity index (χ0v) is 13.1. The summed E-state index contributed by atoms with van der Waals surface area (Å²) in [5, 5.41) is 20.1. The molecule has 2 N–H and O–H groups in total. The van der Waals surface area contributed by atoms with E-state index < -0.39 is 16.6 Å². The van der Waals surface area contributed by atoms with Gasteiger partial charge in [-0.05, 0) is 30.3 Å². The average molecular weight is 352 g/mol. The fourth-order valence-corrected chi connectivity index (χ4v) is 2.50. The Morgan fingerprint density at radius 1 is 1.08 bits per heavy atom. The van der Waals surface area contributed by atoms with E-state index in [1.807, 2.05) is 6.07 Å². The summed E-state index contributed by atoms with van der Waals surface area (Å²) in [6.45, 7) is 0. The van der Waals surface area contributed by atoms with Gasteiger partial charge in [-0.1, -0.05) is 0 Å². The number of non-ortho nitro benzene ring substituents is 1. The highest BCUT2D eigenvalue weighted by molar-refractivity contribution is 5.80. The third kappa shape index (κ3) is 3.06. The second-order valence-corrected chi connectivity index (χ2v) is 5.36. The molecule has 0 spiro atoms. The van der Waals surface area contributed by atoms with Crippen LogP contribution < -0.4 is 5.73 Å². The van der Waals surface area contributed by atoms with Gasteiger partial charge in [0.2, 0.25) is 0 Å². The number of anilines is 1. The highest BCUT2D eigenvalue weighted by atomic mass is 19.1. The number of hydrogen-bond donors (Lipinski definition) is 1. The molecule has 0 saturated carbocycles. The normalized spacial score (nSPS) is 10.3. The van der Waals surface area contributed by atoms with Gasteiger partial charge in [-0.15, -0.1) is 0 Å². The number of hydrogen-bond acceptors (Lipinski definition) is 5. The van der Waals surface area contributed by atoms with Crippen LogP contribution in [0.1, 0.15) is 5.56 Å². The molecule has 0 amide bonds. The van der Waals surface area contributed by atoms with E-state index in [2.05, 4.69) is 4.98 Å². The smallest absolute Gasteiger partial charge is 0.269 e. The van der Waals surface area contributed by atoms with Gasteiger partial charge < -0.3 is 5.73 Å².